The molecule has 2 aromatic rings. The molecule has 0 bridgehead atoms. The van der Waals surface area contributed by atoms with Crippen molar-refractivity contribution in [1.29, 1.82) is 0 Å². The third kappa shape index (κ3) is 3.71. The third-order valence-electron chi connectivity index (χ3n) is 4.14. The van der Waals surface area contributed by atoms with Crippen molar-refractivity contribution in [3.8, 4) is 0 Å². The van der Waals surface area contributed by atoms with Gasteiger partial charge in [-0.3, -0.25) is 9.59 Å². The van der Waals surface area contributed by atoms with Gasteiger partial charge in [-0.2, -0.15) is 0 Å². The number of benzene rings is 2. The minimum Gasteiger partial charge on any atom is -0.326 e. The largest absolute Gasteiger partial charge is 0.326 e. The van der Waals surface area contributed by atoms with Crippen LogP contribution in [0.25, 0.3) is 0 Å². The first-order valence-corrected chi connectivity index (χ1v) is 9.49. The molecule has 0 saturated heterocycles. The van der Waals surface area contributed by atoms with E-state index in [4.69, 9.17) is 0 Å². The predicted molar refractivity (Wildman–Crippen MR) is 95.3 cm³/mol. The number of fused-ring (bicyclic) bond motifs is 1. The first-order chi connectivity index (χ1) is 11.9. The molecule has 2 aromatic carbocycles. The van der Waals surface area contributed by atoms with Gasteiger partial charge < -0.3 is 10.2 Å². The summed E-state index contributed by atoms with van der Waals surface area (Å²) in [4.78, 5) is 25.3. The second-order valence-corrected chi connectivity index (χ2v) is 8.01. The van der Waals surface area contributed by atoms with E-state index in [1.54, 1.807) is 37.4 Å². The number of carbonyl (C=O) groups is 2. The molecule has 1 N–H and O–H groups in total. The molecule has 0 aliphatic carbocycles. The average molecular weight is 358 g/mol. The molecule has 0 atom stereocenters. The maximum atomic E-state index is 12.5. The van der Waals surface area contributed by atoms with E-state index in [1.807, 2.05) is 6.07 Å². The van der Waals surface area contributed by atoms with Gasteiger partial charge in [0, 0.05) is 24.8 Å². The molecular weight excluding hydrogens is 340 g/mol. The molecule has 0 radical (unpaired) electrons. The Morgan fingerprint density at radius 3 is 2.60 bits per heavy atom. The highest BCUT2D eigenvalue weighted by Crippen LogP contribution is 2.30. The van der Waals surface area contributed by atoms with E-state index in [-0.39, 0.29) is 35.3 Å². The third-order valence-corrected chi connectivity index (χ3v) is 5.86. The van der Waals surface area contributed by atoms with Crippen LogP contribution in [0.2, 0.25) is 0 Å². The smallest absolute Gasteiger partial charge is 0.231 e. The van der Waals surface area contributed by atoms with Gasteiger partial charge in [0.15, 0.2) is 9.84 Å². The van der Waals surface area contributed by atoms with Crippen LogP contribution < -0.4 is 10.2 Å². The summed E-state index contributed by atoms with van der Waals surface area (Å²) in [6.07, 6.45) is 0.0663. The Bertz CT molecular complexity index is 923. The molecule has 0 aromatic heterocycles. The number of rotatable bonds is 5. The van der Waals surface area contributed by atoms with Crippen LogP contribution in [0.3, 0.4) is 0 Å². The van der Waals surface area contributed by atoms with Crippen LogP contribution in [0, 0.1) is 0 Å². The summed E-state index contributed by atoms with van der Waals surface area (Å²) < 4.78 is 24.9. The molecule has 7 heteroatoms. The number of anilines is 2. The normalized spacial score (nSPS) is 13.6. The molecular formula is C18H18N2O4S. The number of hydrogen-bond acceptors (Lipinski definition) is 4. The molecule has 25 heavy (non-hydrogen) atoms. The quantitative estimate of drug-likeness (QED) is 0.886. The predicted octanol–water partition coefficient (Wildman–Crippen LogP) is 2.01. The zero-order valence-corrected chi connectivity index (χ0v) is 14.5. The van der Waals surface area contributed by atoms with Crippen LogP contribution in [0.5, 0.6) is 0 Å². The molecule has 0 spiro atoms. The van der Waals surface area contributed by atoms with Gasteiger partial charge in [-0.1, -0.05) is 18.2 Å². The Hall–Kier alpha value is -2.67. The SMILES string of the molecule is CN1C(=O)Cc2cc(S(=O)(=O)CCC(=O)Nc3ccccc3)ccc21. The number of para-hydroxylation sites is 1. The fraction of sp³-hybridized carbons (Fsp3) is 0.222. The van der Waals surface area contributed by atoms with Gasteiger partial charge in [-0.25, -0.2) is 8.42 Å². The van der Waals surface area contributed by atoms with E-state index in [0.29, 0.717) is 11.3 Å². The first kappa shape index (κ1) is 17.2. The fourth-order valence-electron chi connectivity index (χ4n) is 2.73. The first-order valence-electron chi connectivity index (χ1n) is 7.84. The summed E-state index contributed by atoms with van der Waals surface area (Å²) in [5.74, 6) is -0.702. The number of sulfone groups is 1. The number of hydrogen-bond donors (Lipinski definition) is 1. The van der Waals surface area contributed by atoms with Gasteiger partial charge in [0.25, 0.3) is 0 Å². The number of likely N-dealkylation sites (N-methyl/N-ethyl adjacent to an activating group) is 1. The van der Waals surface area contributed by atoms with Crippen molar-refractivity contribution in [3.05, 3.63) is 54.1 Å². The second kappa shape index (κ2) is 6.68. The highest BCUT2D eigenvalue weighted by Gasteiger charge is 2.26. The molecule has 0 fully saturated rings. The molecule has 2 amide bonds. The minimum atomic E-state index is -3.59. The standard InChI is InChI=1S/C18H18N2O4S/c1-20-16-8-7-15(11-13(16)12-18(20)22)25(23,24)10-9-17(21)19-14-5-3-2-4-6-14/h2-8,11H,9-10,12H2,1H3,(H,19,21). The van der Waals surface area contributed by atoms with Crippen molar-refractivity contribution in [2.75, 3.05) is 23.0 Å². The van der Waals surface area contributed by atoms with E-state index >= 15 is 0 Å². The van der Waals surface area contributed by atoms with E-state index in [9.17, 15) is 18.0 Å². The lowest BCUT2D eigenvalue weighted by Gasteiger charge is -2.11. The Labute approximate surface area is 146 Å². The lowest BCUT2D eigenvalue weighted by Crippen LogP contribution is -2.20. The van der Waals surface area contributed by atoms with Crippen molar-refractivity contribution in [1.82, 2.24) is 0 Å². The van der Waals surface area contributed by atoms with Crippen molar-refractivity contribution in [2.45, 2.75) is 17.7 Å². The summed E-state index contributed by atoms with van der Waals surface area (Å²) >= 11 is 0. The van der Waals surface area contributed by atoms with Crippen molar-refractivity contribution >= 4 is 33.0 Å². The van der Waals surface area contributed by atoms with Crippen LogP contribution in [0.15, 0.2) is 53.4 Å². The molecule has 0 unspecified atom stereocenters. The summed E-state index contributed by atoms with van der Waals surface area (Å²) in [7, 11) is -1.93. The van der Waals surface area contributed by atoms with E-state index in [1.165, 1.54) is 17.0 Å². The van der Waals surface area contributed by atoms with E-state index in [0.717, 1.165) is 5.69 Å². The Balaban J connectivity index is 1.67. The monoisotopic (exact) mass is 358 g/mol. The van der Waals surface area contributed by atoms with Gasteiger partial charge in [-0.15, -0.1) is 0 Å². The highest BCUT2D eigenvalue weighted by atomic mass is 32.2. The fourth-order valence-corrected chi connectivity index (χ4v) is 4.02. The maximum absolute atomic E-state index is 12.5. The number of amides is 2. The van der Waals surface area contributed by atoms with Gasteiger partial charge in [0.05, 0.1) is 17.1 Å². The molecule has 6 nitrogen and oxygen atoms in total. The molecule has 0 saturated carbocycles. The van der Waals surface area contributed by atoms with Crippen LogP contribution >= 0.6 is 0 Å². The molecule has 130 valence electrons. The Morgan fingerprint density at radius 1 is 1.16 bits per heavy atom. The van der Waals surface area contributed by atoms with Crippen LogP contribution in [0.4, 0.5) is 11.4 Å². The van der Waals surface area contributed by atoms with Gasteiger partial charge >= 0.3 is 0 Å². The number of nitrogens with zero attached hydrogens (tertiary/aromatic N) is 1. The van der Waals surface area contributed by atoms with Gasteiger partial charge in [0.1, 0.15) is 0 Å². The summed E-state index contributed by atoms with van der Waals surface area (Å²) in [5, 5.41) is 2.66. The second-order valence-electron chi connectivity index (χ2n) is 5.90. The Morgan fingerprint density at radius 2 is 1.88 bits per heavy atom. The van der Waals surface area contributed by atoms with Crippen molar-refractivity contribution in [3.63, 3.8) is 0 Å². The Kier molecular flexibility index (Phi) is 4.59. The summed E-state index contributed by atoms with van der Waals surface area (Å²) in [6.45, 7) is 0. The number of nitrogens with one attached hydrogen (secondary N) is 1. The van der Waals surface area contributed by atoms with Gasteiger partial charge in [-0.05, 0) is 35.9 Å². The van der Waals surface area contributed by atoms with Gasteiger partial charge in [0.2, 0.25) is 11.8 Å². The van der Waals surface area contributed by atoms with E-state index in [2.05, 4.69) is 5.32 Å². The van der Waals surface area contributed by atoms with E-state index < -0.39 is 9.84 Å². The van der Waals surface area contributed by atoms with Crippen LogP contribution in [0.1, 0.15) is 12.0 Å². The summed E-state index contributed by atoms with van der Waals surface area (Å²) in [5.41, 5.74) is 2.05. The zero-order chi connectivity index (χ0) is 18.0. The van der Waals surface area contributed by atoms with Crippen LogP contribution in [-0.2, 0) is 25.8 Å². The number of carbonyl (C=O) groups excluding carboxylic acids is 2. The molecule has 1 aliphatic rings. The molecule has 1 aliphatic heterocycles. The average Bonchev–Trinajstić information content (AvgIpc) is 2.88. The lowest BCUT2D eigenvalue weighted by atomic mass is 10.2. The maximum Gasteiger partial charge on any atom is 0.231 e. The molecule has 1 heterocycles. The van der Waals surface area contributed by atoms with Crippen LogP contribution in [-0.4, -0.2) is 33.0 Å². The van der Waals surface area contributed by atoms with Crippen molar-refractivity contribution in [2.24, 2.45) is 0 Å². The summed E-state index contributed by atoms with van der Waals surface area (Å²) in [6, 6.07) is 13.5. The van der Waals surface area contributed by atoms with Crippen molar-refractivity contribution < 1.29 is 18.0 Å². The lowest BCUT2D eigenvalue weighted by molar-refractivity contribution is -0.117. The topological polar surface area (TPSA) is 83.6 Å². The molecule has 3 rings (SSSR count). The highest BCUT2D eigenvalue weighted by molar-refractivity contribution is 7.91. The minimum absolute atomic E-state index is 0.0632. The zero-order valence-electron chi connectivity index (χ0n) is 13.7.